The van der Waals surface area contributed by atoms with Gasteiger partial charge in [-0.25, -0.2) is 0 Å². The maximum Gasteiger partial charge on any atom is 0.133 e. The zero-order chi connectivity index (χ0) is 14.5. The predicted octanol–water partition coefficient (Wildman–Crippen LogP) is 5.07. The third-order valence-electron chi connectivity index (χ3n) is 3.06. The van der Waals surface area contributed by atoms with Gasteiger partial charge in [0.25, 0.3) is 0 Å². The molecule has 0 unspecified atom stereocenters. The highest BCUT2D eigenvalue weighted by atomic mass is 35.5. The Labute approximate surface area is 129 Å². The van der Waals surface area contributed by atoms with Gasteiger partial charge in [-0.1, -0.05) is 36.2 Å². The van der Waals surface area contributed by atoms with Gasteiger partial charge in [-0.05, 0) is 49.4 Å². The maximum atomic E-state index is 6.22. The van der Waals surface area contributed by atoms with Crippen molar-refractivity contribution in [2.75, 3.05) is 7.05 Å². The van der Waals surface area contributed by atoms with Crippen molar-refractivity contribution in [1.29, 1.82) is 0 Å². The molecule has 2 aromatic rings. The van der Waals surface area contributed by atoms with Crippen LogP contribution in [0.2, 0.25) is 10.0 Å². The van der Waals surface area contributed by atoms with Gasteiger partial charge < -0.3 is 10.1 Å². The molecule has 2 aromatic carbocycles. The second-order valence-electron chi connectivity index (χ2n) is 4.46. The van der Waals surface area contributed by atoms with E-state index in [-0.39, 0.29) is 0 Å². The third kappa shape index (κ3) is 3.45. The lowest BCUT2D eigenvalue weighted by atomic mass is 10.1. The van der Waals surface area contributed by atoms with Crippen LogP contribution >= 0.6 is 23.2 Å². The van der Waals surface area contributed by atoms with E-state index in [1.54, 1.807) is 0 Å². The molecule has 0 fully saturated rings. The SMILES string of the molecule is CCc1cc(Oc2cccc(Cl)c2CNC)ccc1Cl. The minimum atomic E-state index is 0.656. The van der Waals surface area contributed by atoms with Crippen molar-refractivity contribution in [1.82, 2.24) is 5.32 Å². The van der Waals surface area contributed by atoms with Crippen LogP contribution in [0.15, 0.2) is 36.4 Å². The van der Waals surface area contributed by atoms with Crippen LogP contribution in [0.5, 0.6) is 11.5 Å². The summed E-state index contributed by atoms with van der Waals surface area (Å²) in [5.74, 6) is 1.53. The summed E-state index contributed by atoms with van der Waals surface area (Å²) in [5.41, 5.74) is 2.02. The van der Waals surface area contributed by atoms with E-state index >= 15 is 0 Å². The van der Waals surface area contributed by atoms with Crippen LogP contribution in [0.4, 0.5) is 0 Å². The third-order valence-corrected chi connectivity index (χ3v) is 3.78. The lowest BCUT2D eigenvalue weighted by Gasteiger charge is -2.13. The van der Waals surface area contributed by atoms with Crippen molar-refractivity contribution in [3.63, 3.8) is 0 Å². The molecule has 2 nitrogen and oxygen atoms in total. The van der Waals surface area contributed by atoms with Crippen molar-refractivity contribution >= 4 is 23.2 Å². The molecule has 20 heavy (non-hydrogen) atoms. The zero-order valence-electron chi connectivity index (χ0n) is 11.5. The molecule has 0 spiro atoms. The Morgan fingerprint density at radius 3 is 2.60 bits per heavy atom. The minimum Gasteiger partial charge on any atom is -0.457 e. The van der Waals surface area contributed by atoms with E-state index in [0.29, 0.717) is 11.6 Å². The predicted molar refractivity (Wildman–Crippen MR) is 85.1 cm³/mol. The molecule has 2 rings (SSSR count). The highest BCUT2D eigenvalue weighted by molar-refractivity contribution is 6.31. The van der Waals surface area contributed by atoms with Gasteiger partial charge in [0.2, 0.25) is 0 Å². The van der Waals surface area contributed by atoms with Crippen LogP contribution in [0.1, 0.15) is 18.1 Å². The lowest BCUT2D eigenvalue weighted by Crippen LogP contribution is -2.07. The van der Waals surface area contributed by atoms with Crippen molar-refractivity contribution < 1.29 is 4.74 Å². The molecule has 0 heterocycles. The second kappa shape index (κ2) is 6.98. The number of aryl methyl sites for hydroxylation is 1. The Hall–Kier alpha value is -1.22. The van der Waals surface area contributed by atoms with Gasteiger partial charge >= 0.3 is 0 Å². The van der Waals surface area contributed by atoms with E-state index in [1.807, 2.05) is 43.4 Å². The summed E-state index contributed by atoms with van der Waals surface area (Å²) in [7, 11) is 1.88. The molecular weight excluding hydrogens is 293 g/mol. The van der Waals surface area contributed by atoms with E-state index in [2.05, 4.69) is 12.2 Å². The Bertz CT molecular complexity index is 599. The molecule has 0 saturated heterocycles. The molecule has 4 heteroatoms. The van der Waals surface area contributed by atoms with Crippen LogP contribution in [0.25, 0.3) is 0 Å². The van der Waals surface area contributed by atoms with Gasteiger partial charge in [-0.15, -0.1) is 0 Å². The number of benzene rings is 2. The van der Waals surface area contributed by atoms with Gasteiger partial charge in [0, 0.05) is 22.2 Å². The molecule has 0 radical (unpaired) electrons. The number of rotatable bonds is 5. The van der Waals surface area contributed by atoms with Crippen LogP contribution < -0.4 is 10.1 Å². The molecule has 0 bridgehead atoms. The number of ether oxygens (including phenoxy) is 1. The van der Waals surface area contributed by atoms with Gasteiger partial charge in [-0.2, -0.15) is 0 Å². The fraction of sp³-hybridized carbons (Fsp3) is 0.250. The van der Waals surface area contributed by atoms with Crippen molar-refractivity contribution in [2.45, 2.75) is 19.9 Å². The second-order valence-corrected chi connectivity index (χ2v) is 5.27. The normalized spacial score (nSPS) is 10.6. The van der Waals surface area contributed by atoms with Crippen LogP contribution in [0.3, 0.4) is 0 Å². The average molecular weight is 310 g/mol. The largest absolute Gasteiger partial charge is 0.457 e. The first kappa shape index (κ1) is 15.2. The molecule has 0 amide bonds. The number of hydrogen-bond acceptors (Lipinski definition) is 2. The maximum absolute atomic E-state index is 6.22. The van der Waals surface area contributed by atoms with Crippen LogP contribution in [0, 0.1) is 0 Å². The van der Waals surface area contributed by atoms with E-state index in [4.69, 9.17) is 27.9 Å². The van der Waals surface area contributed by atoms with Crippen LogP contribution in [-0.4, -0.2) is 7.05 Å². The topological polar surface area (TPSA) is 21.3 Å². The summed E-state index contributed by atoms with van der Waals surface area (Å²) in [4.78, 5) is 0. The smallest absolute Gasteiger partial charge is 0.133 e. The van der Waals surface area contributed by atoms with Gasteiger partial charge in [-0.3, -0.25) is 0 Å². The molecule has 0 aromatic heterocycles. The summed E-state index contributed by atoms with van der Waals surface area (Å²) < 4.78 is 5.96. The molecular formula is C16H17Cl2NO. The standard InChI is InChI=1S/C16H17Cl2NO/c1-3-11-9-12(7-8-14(11)17)20-16-6-4-5-15(18)13(16)10-19-2/h4-9,19H,3,10H2,1-2H3. The number of halogens is 2. The fourth-order valence-electron chi connectivity index (χ4n) is 2.00. The summed E-state index contributed by atoms with van der Waals surface area (Å²) in [5, 5.41) is 4.56. The Kier molecular flexibility index (Phi) is 5.30. The quantitative estimate of drug-likeness (QED) is 0.832. The molecule has 0 aliphatic heterocycles. The van der Waals surface area contributed by atoms with Gasteiger partial charge in [0.1, 0.15) is 11.5 Å². The van der Waals surface area contributed by atoms with E-state index in [0.717, 1.165) is 34.1 Å². The fourth-order valence-corrected chi connectivity index (χ4v) is 2.48. The first-order valence-corrected chi connectivity index (χ1v) is 7.29. The first-order valence-electron chi connectivity index (χ1n) is 6.54. The van der Waals surface area contributed by atoms with Crippen molar-refractivity contribution in [3.8, 4) is 11.5 Å². The van der Waals surface area contributed by atoms with Crippen molar-refractivity contribution in [2.24, 2.45) is 0 Å². The monoisotopic (exact) mass is 309 g/mol. The molecule has 0 atom stereocenters. The number of nitrogens with one attached hydrogen (secondary N) is 1. The molecule has 0 saturated carbocycles. The molecule has 0 aliphatic carbocycles. The first-order chi connectivity index (χ1) is 9.65. The minimum absolute atomic E-state index is 0.656. The van der Waals surface area contributed by atoms with Crippen LogP contribution in [-0.2, 0) is 13.0 Å². The summed E-state index contributed by atoms with van der Waals surface area (Å²) in [6, 6.07) is 11.3. The lowest BCUT2D eigenvalue weighted by molar-refractivity contribution is 0.474. The van der Waals surface area contributed by atoms with E-state index < -0.39 is 0 Å². The Morgan fingerprint density at radius 1 is 1.10 bits per heavy atom. The van der Waals surface area contributed by atoms with Gasteiger partial charge in [0.15, 0.2) is 0 Å². The van der Waals surface area contributed by atoms with Gasteiger partial charge in [0.05, 0.1) is 0 Å². The van der Waals surface area contributed by atoms with E-state index in [1.165, 1.54) is 0 Å². The summed E-state index contributed by atoms with van der Waals surface area (Å²) in [6.07, 6.45) is 0.870. The average Bonchev–Trinajstić information content (AvgIpc) is 2.44. The van der Waals surface area contributed by atoms with E-state index in [9.17, 15) is 0 Å². The zero-order valence-corrected chi connectivity index (χ0v) is 13.1. The highest BCUT2D eigenvalue weighted by Gasteiger charge is 2.09. The molecule has 0 aliphatic rings. The number of hydrogen-bond donors (Lipinski definition) is 1. The molecule has 1 N–H and O–H groups in total. The Balaban J connectivity index is 2.32. The Morgan fingerprint density at radius 2 is 1.90 bits per heavy atom. The highest BCUT2D eigenvalue weighted by Crippen LogP contribution is 2.32. The summed E-state index contributed by atoms with van der Waals surface area (Å²) in [6.45, 7) is 2.72. The van der Waals surface area contributed by atoms with Crippen molar-refractivity contribution in [3.05, 3.63) is 57.6 Å². The molecule has 106 valence electrons. The summed E-state index contributed by atoms with van der Waals surface area (Å²) >= 11 is 12.3.